The highest BCUT2D eigenvalue weighted by atomic mass is 16.7. The van der Waals surface area contributed by atoms with Gasteiger partial charge in [0.15, 0.2) is 98.5 Å². The normalized spacial score (nSPS) is 17.7. The first-order chi connectivity index (χ1) is 37.1. The number of aromatic carboxylic acids is 1. The van der Waals surface area contributed by atoms with Crippen molar-refractivity contribution in [1.29, 1.82) is 0 Å². The molecule has 0 unspecified atom stereocenters. The Morgan fingerprint density at radius 1 is 0.443 bits per heavy atom. The highest BCUT2D eigenvalue weighted by molar-refractivity contribution is 6.10. The fraction of sp³-hybridized carbons (Fsp3) is 0.125. The lowest BCUT2D eigenvalue weighted by molar-refractivity contribution is -0.282. The topological polar surface area (TPSA) is 531 Å². The zero-order chi connectivity index (χ0) is 58.0. The molecular formula is C48H34O31. The van der Waals surface area contributed by atoms with Crippen LogP contribution in [0.5, 0.6) is 109 Å². The molecule has 31 nitrogen and oxygen atoms in total. The fourth-order valence-corrected chi connectivity index (χ4v) is 7.87. The molecule has 0 aromatic heterocycles. The minimum atomic E-state index is -2.69. The van der Waals surface area contributed by atoms with Gasteiger partial charge in [-0.3, -0.25) is 0 Å². The lowest BCUT2D eigenvalue weighted by Crippen LogP contribution is -2.63. The van der Waals surface area contributed by atoms with E-state index in [0.29, 0.717) is 48.5 Å². The van der Waals surface area contributed by atoms with Gasteiger partial charge in [0.25, 0.3) is 0 Å². The highest BCUT2D eigenvalue weighted by Crippen LogP contribution is 2.55. The molecule has 79 heavy (non-hydrogen) atoms. The number of carboxylic acids is 1. The van der Waals surface area contributed by atoms with Crippen LogP contribution in [0.1, 0.15) is 62.1 Å². The molecule has 0 radical (unpaired) electrons. The molecule has 2 aliphatic rings. The second-order valence-electron chi connectivity index (χ2n) is 16.6. The molecule has 8 rings (SSSR count). The molecule has 31 heteroatoms. The summed E-state index contributed by atoms with van der Waals surface area (Å²) in [4.78, 5) is 83.9. The van der Waals surface area contributed by atoms with Crippen LogP contribution in [0.3, 0.4) is 0 Å². The van der Waals surface area contributed by atoms with Gasteiger partial charge in [-0.25, -0.2) is 28.8 Å². The number of rotatable bonds is 9. The molecule has 0 amide bonds. The Labute approximate surface area is 434 Å². The number of aromatic hydroxyl groups is 17. The third-order valence-corrected chi connectivity index (χ3v) is 11.7. The molecule has 0 bridgehead atoms. The third-order valence-electron chi connectivity index (χ3n) is 11.7. The largest absolute Gasteiger partial charge is 0.504 e. The van der Waals surface area contributed by atoms with E-state index < -0.39 is 227 Å². The number of hydrogen-bond acceptors (Lipinski definition) is 30. The van der Waals surface area contributed by atoms with Gasteiger partial charge in [0, 0.05) is 17.7 Å². The van der Waals surface area contributed by atoms with Crippen LogP contribution in [-0.2, 0) is 28.4 Å². The van der Waals surface area contributed by atoms with E-state index in [9.17, 15) is 121 Å². The molecule has 1 saturated heterocycles. The molecule has 5 atom stereocenters. The van der Waals surface area contributed by atoms with E-state index >= 15 is 0 Å². The maximum atomic E-state index is 14.8. The Kier molecular flexibility index (Phi) is 13.6. The maximum Gasteiger partial charge on any atom is 0.342 e. The highest BCUT2D eigenvalue weighted by Gasteiger charge is 2.55. The van der Waals surface area contributed by atoms with Crippen molar-refractivity contribution < 1.29 is 154 Å². The van der Waals surface area contributed by atoms with Crippen molar-refractivity contribution in [3.05, 3.63) is 88.0 Å². The summed E-state index contributed by atoms with van der Waals surface area (Å²) in [6.45, 7) is -1.48. The van der Waals surface area contributed by atoms with Gasteiger partial charge in [-0.2, -0.15) is 0 Å². The molecule has 0 spiro atoms. The van der Waals surface area contributed by atoms with Crippen LogP contribution in [-0.4, -0.2) is 165 Å². The summed E-state index contributed by atoms with van der Waals surface area (Å²) >= 11 is 0. The van der Waals surface area contributed by atoms with Crippen molar-refractivity contribution in [2.24, 2.45) is 0 Å². The fourth-order valence-electron chi connectivity index (χ4n) is 7.87. The summed E-state index contributed by atoms with van der Waals surface area (Å²) < 4.78 is 39.3. The maximum absolute atomic E-state index is 14.8. The van der Waals surface area contributed by atoms with Gasteiger partial charge >= 0.3 is 35.8 Å². The number of phenols is 17. The Morgan fingerprint density at radius 3 is 1.37 bits per heavy atom. The predicted molar refractivity (Wildman–Crippen MR) is 245 cm³/mol. The van der Waals surface area contributed by atoms with Crippen LogP contribution in [0.25, 0.3) is 11.1 Å². The summed E-state index contributed by atoms with van der Waals surface area (Å²) in [6, 6.07) is 3.91. The molecule has 412 valence electrons. The third kappa shape index (κ3) is 9.63. The van der Waals surface area contributed by atoms with Crippen molar-refractivity contribution in [3.63, 3.8) is 0 Å². The van der Waals surface area contributed by atoms with Crippen molar-refractivity contribution in [2.45, 2.75) is 30.7 Å². The molecule has 6 aromatic carbocycles. The number of benzene rings is 6. The summed E-state index contributed by atoms with van der Waals surface area (Å²) in [5, 5.41) is 188. The van der Waals surface area contributed by atoms with Gasteiger partial charge in [0.05, 0.1) is 27.8 Å². The number of fused-ring (bicyclic) bond motifs is 4. The van der Waals surface area contributed by atoms with Gasteiger partial charge < -0.3 is 125 Å². The van der Waals surface area contributed by atoms with Gasteiger partial charge in [0.2, 0.25) is 29.6 Å². The smallest absolute Gasteiger partial charge is 0.342 e. The molecular weight excluding hydrogens is 1070 g/mol. The summed E-state index contributed by atoms with van der Waals surface area (Å²) in [5.74, 6) is -36.0. The van der Waals surface area contributed by atoms with E-state index in [1.807, 2.05) is 0 Å². The number of ether oxygens (including phenoxy) is 7. The average Bonchev–Trinajstić information content (AvgIpc) is 3.65. The Bertz CT molecular complexity index is 3550. The van der Waals surface area contributed by atoms with E-state index in [0.717, 1.165) is 0 Å². The van der Waals surface area contributed by atoms with Gasteiger partial charge in [0.1, 0.15) is 29.6 Å². The Morgan fingerprint density at radius 2 is 0.873 bits per heavy atom. The molecule has 2 aliphatic heterocycles. The predicted octanol–water partition coefficient (Wildman–Crippen LogP) is 2.57. The van der Waals surface area contributed by atoms with E-state index in [4.69, 9.17) is 33.2 Å². The second kappa shape index (κ2) is 20.0. The van der Waals surface area contributed by atoms with Crippen LogP contribution in [0.2, 0.25) is 0 Å². The zero-order valence-electron chi connectivity index (χ0n) is 38.6. The van der Waals surface area contributed by atoms with Gasteiger partial charge in [-0.1, -0.05) is 0 Å². The van der Waals surface area contributed by atoms with Crippen LogP contribution >= 0.6 is 0 Å². The van der Waals surface area contributed by atoms with Gasteiger partial charge in [-0.05, 0) is 42.5 Å². The number of carbonyl (C=O) groups excluding carboxylic acids is 5. The van der Waals surface area contributed by atoms with Crippen molar-refractivity contribution in [3.8, 4) is 120 Å². The molecule has 1 fully saturated rings. The number of hydrogen-bond donors (Lipinski definition) is 18. The molecule has 18 N–H and O–H groups in total. The van der Waals surface area contributed by atoms with Gasteiger partial charge in [-0.15, -0.1) is 0 Å². The van der Waals surface area contributed by atoms with Crippen LogP contribution < -0.4 is 4.74 Å². The number of phenolic OH excluding ortho intramolecular Hbond substituents is 17. The SMILES string of the molecule is O=C(O[C@@H]1O[C@@H]2COC(=O)c3c(Oc4c(C(=O)O)cc(O)c(O)c4O)cc(O)c(O)c3-c3c(cc(O)c(O)c3O)C(=O)O[C@H]2[C@H](OC(=O)c2cc(O)c(O)c(O)c2)[C@H]1OC(=O)c1cc(O)c(O)c(O)c1)c1cc(O)c(O)c(O)c1. The zero-order valence-corrected chi connectivity index (χ0v) is 38.6. The average molecular weight is 1110 g/mol. The van der Waals surface area contributed by atoms with Crippen LogP contribution in [0.4, 0.5) is 0 Å². The molecule has 2 heterocycles. The number of cyclic esters (lactones) is 1. The monoisotopic (exact) mass is 1110 g/mol. The lowest BCUT2D eigenvalue weighted by Gasteiger charge is -2.43. The lowest BCUT2D eigenvalue weighted by atomic mass is 9.91. The minimum absolute atomic E-state index is 0.284. The van der Waals surface area contributed by atoms with Crippen molar-refractivity contribution in [2.75, 3.05) is 6.61 Å². The summed E-state index contributed by atoms with van der Waals surface area (Å²) in [7, 11) is 0. The molecule has 0 aliphatic carbocycles. The van der Waals surface area contributed by atoms with Crippen molar-refractivity contribution >= 4 is 35.8 Å². The first-order valence-corrected chi connectivity index (χ1v) is 21.6. The second-order valence-corrected chi connectivity index (χ2v) is 16.6. The van der Waals surface area contributed by atoms with Crippen LogP contribution in [0.15, 0.2) is 54.6 Å². The summed E-state index contributed by atoms with van der Waals surface area (Å²) in [5.41, 5.74) is -9.13. The number of carboxylic acid groups (broad SMARTS) is 1. The van der Waals surface area contributed by atoms with E-state index in [1.165, 1.54) is 0 Å². The minimum Gasteiger partial charge on any atom is -0.504 e. The van der Waals surface area contributed by atoms with E-state index in [-0.39, 0.29) is 6.07 Å². The Balaban J connectivity index is 1.36. The van der Waals surface area contributed by atoms with Crippen molar-refractivity contribution in [1.82, 2.24) is 0 Å². The molecule has 6 aromatic rings. The molecule has 0 saturated carbocycles. The Hall–Kier alpha value is -11.5. The number of esters is 5. The van der Waals surface area contributed by atoms with E-state index in [1.54, 1.807) is 0 Å². The summed E-state index contributed by atoms with van der Waals surface area (Å²) in [6.07, 6.45) is -13.0. The van der Waals surface area contributed by atoms with Crippen LogP contribution in [0, 0.1) is 0 Å². The first kappa shape index (κ1) is 53.8. The standard InChI is InChI=1S/C48H34O31/c49-16-1-11(2-17(50)30(16)58)43(68)77-40-39-26(75-48(79-45(70)13-5-20(53)32(60)21(54)6-13)41(40)78-44(69)12-3-18(51)31(59)19(52)4-12)10-73-47(72)28-25(74-38-15(42(66)67)8-23(56)35(63)37(38)65)9-24(57)33(61)29(28)27-14(46(71)76-39)7-22(55)34(62)36(27)64/h1-9,26,39-41,48-65H,10H2,(H,66,67)/t26-,39-,40+,41-,48+/m1/s1. The first-order valence-electron chi connectivity index (χ1n) is 21.6. The van der Waals surface area contributed by atoms with E-state index in [2.05, 4.69) is 0 Å². The quantitative estimate of drug-likeness (QED) is 0.0562. The number of carbonyl (C=O) groups is 6.